The molecular weight excluding hydrogens is 332 g/mol. The fourth-order valence-corrected chi connectivity index (χ4v) is 2.86. The Kier molecular flexibility index (Phi) is 5.39. The van der Waals surface area contributed by atoms with Crippen molar-refractivity contribution in [2.45, 2.75) is 13.3 Å². The molecular formula is C21H20O5. The van der Waals surface area contributed by atoms with E-state index in [2.05, 4.69) is 0 Å². The lowest BCUT2D eigenvalue weighted by molar-refractivity contribution is 0.0514. The molecule has 0 aliphatic heterocycles. The molecule has 1 N–H and O–H groups in total. The van der Waals surface area contributed by atoms with Gasteiger partial charge in [-0.1, -0.05) is 42.5 Å². The van der Waals surface area contributed by atoms with Gasteiger partial charge >= 0.3 is 0 Å². The van der Waals surface area contributed by atoms with Crippen LogP contribution in [0.4, 0.5) is 0 Å². The van der Waals surface area contributed by atoms with Gasteiger partial charge in [0.2, 0.25) is 0 Å². The smallest absolute Gasteiger partial charge is 0.188 e. The molecule has 3 aromatic rings. The van der Waals surface area contributed by atoms with Crippen molar-refractivity contribution in [1.29, 1.82) is 0 Å². The number of rotatable bonds is 7. The van der Waals surface area contributed by atoms with E-state index in [9.17, 15) is 9.90 Å². The van der Waals surface area contributed by atoms with Crippen molar-refractivity contribution in [3.63, 3.8) is 0 Å². The van der Waals surface area contributed by atoms with Crippen molar-refractivity contribution in [3.8, 4) is 11.5 Å². The highest BCUT2D eigenvalue weighted by Crippen LogP contribution is 2.40. The van der Waals surface area contributed by atoms with Crippen LogP contribution in [0, 0.1) is 0 Å². The molecule has 0 fully saturated rings. The average Bonchev–Trinajstić information content (AvgIpc) is 3.01. The van der Waals surface area contributed by atoms with Crippen LogP contribution in [0.1, 0.15) is 28.4 Å². The molecule has 0 radical (unpaired) electrons. The quantitative estimate of drug-likeness (QED) is 0.498. The zero-order valence-electron chi connectivity index (χ0n) is 14.7. The second-order valence-electron chi connectivity index (χ2n) is 5.85. The number of furan rings is 1. The van der Waals surface area contributed by atoms with Crippen LogP contribution in [0.25, 0.3) is 17.0 Å². The maximum Gasteiger partial charge on any atom is 0.188 e. The SMILES string of the molecule is COCOc1c(CC=Cc2ccccc2)c(C(C)=O)cc2occ(O)c12. The van der Waals surface area contributed by atoms with Crippen LogP contribution in [-0.2, 0) is 11.2 Å². The Bertz CT molecular complexity index is 938. The minimum Gasteiger partial charge on any atom is -0.504 e. The Morgan fingerprint density at radius 2 is 2.04 bits per heavy atom. The molecule has 0 unspecified atom stereocenters. The van der Waals surface area contributed by atoms with Gasteiger partial charge in [-0.2, -0.15) is 0 Å². The maximum absolute atomic E-state index is 12.2. The first-order valence-electron chi connectivity index (χ1n) is 8.22. The Morgan fingerprint density at radius 1 is 1.27 bits per heavy atom. The Morgan fingerprint density at radius 3 is 2.73 bits per heavy atom. The second kappa shape index (κ2) is 7.89. The van der Waals surface area contributed by atoms with Crippen molar-refractivity contribution < 1.29 is 23.8 Å². The molecule has 1 heterocycles. The molecule has 134 valence electrons. The zero-order chi connectivity index (χ0) is 18.5. The molecule has 0 aliphatic rings. The molecule has 0 bridgehead atoms. The number of aromatic hydroxyl groups is 1. The van der Waals surface area contributed by atoms with E-state index in [0.29, 0.717) is 34.3 Å². The van der Waals surface area contributed by atoms with E-state index in [1.807, 2.05) is 42.5 Å². The summed E-state index contributed by atoms with van der Waals surface area (Å²) in [6.07, 6.45) is 5.63. The highest BCUT2D eigenvalue weighted by molar-refractivity contribution is 6.03. The fourth-order valence-electron chi connectivity index (χ4n) is 2.86. The zero-order valence-corrected chi connectivity index (χ0v) is 14.7. The average molecular weight is 352 g/mol. The minimum absolute atomic E-state index is 0.00349. The summed E-state index contributed by atoms with van der Waals surface area (Å²) in [6, 6.07) is 11.5. The Hall–Kier alpha value is -3.05. The molecule has 0 saturated carbocycles. The number of methoxy groups -OCH3 is 1. The van der Waals surface area contributed by atoms with Crippen LogP contribution in [0.5, 0.6) is 11.5 Å². The van der Waals surface area contributed by atoms with Crippen LogP contribution in [0.2, 0.25) is 0 Å². The molecule has 0 atom stereocenters. The third kappa shape index (κ3) is 3.63. The van der Waals surface area contributed by atoms with Gasteiger partial charge < -0.3 is 19.0 Å². The molecule has 5 heteroatoms. The van der Waals surface area contributed by atoms with Gasteiger partial charge in [0, 0.05) is 18.2 Å². The first-order valence-corrected chi connectivity index (χ1v) is 8.22. The summed E-state index contributed by atoms with van der Waals surface area (Å²) in [6.45, 7) is 1.49. The summed E-state index contributed by atoms with van der Waals surface area (Å²) in [4.78, 5) is 12.2. The van der Waals surface area contributed by atoms with E-state index < -0.39 is 0 Å². The second-order valence-corrected chi connectivity index (χ2v) is 5.85. The van der Waals surface area contributed by atoms with Gasteiger partial charge in [0.1, 0.15) is 23.0 Å². The molecule has 5 nitrogen and oxygen atoms in total. The van der Waals surface area contributed by atoms with Crippen molar-refractivity contribution >= 4 is 22.8 Å². The van der Waals surface area contributed by atoms with E-state index in [4.69, 9.17) is 13.9 Å². The number of ketones is 1. The predicted octanol–water partition coefficient (Wildman–Crippen LogP) is 4.58. The van der Waals surface area contributed by atoms with Gasteiger partial charge in [-0.05, 0) is 25.0 Å². The Balaban J connectivity index is 2.07. The summed E-state index contributed by atoms with van der Waals surface area (Å²) in [5.41, 5.74) is 2.64. The lowest BCUT2D eigenvalue weighted by Crippen LogP contribution is -2.06. The number of hydrogen-bond donors (Lipinski definition) is 1. The highest BCUT2D eigenvalue weighted by Gasteiger charge is 2.21. The van der Waals surface area contributed by atoms with Crippen molar-refractivity contribution in [3.05, 3.63) is 65.4 Å². The van der Waals surface area contributed by atoms with Gasteiger partial charge in [-0.3, -0.25) is 4.79 Å². The number of Topliss-reactive ketones (excluding diaryl/α,β-unsaturated/α-hetero) is 1. The van der Waals surface area contributed by atoms with E-state index in [1.54, 1.807) is 6.07 Å². The number of hydrogen-bond acceptors (Lipinski definition) is 5. The van der Waals surface area contributed by atoms with Crippen LogP contribution < -0.4 is 4.74 Å². The molecule has 1 aromatic heterocycles. The summed E-state index contributed by atoms with van der Waals surface area (Å²) < 4.78 is 16.1. The van der Waals surface area contributed by atoms with E-state index in [1.165, 1.54) is 20.3 Å². The molecule has 2 aromatic carbocycles. The molecule has 0 amide bonds. The maximum atomic E-state index is 12.2. The third-order valence-corrected chi connectivity index (χ3v) is 4.03. The van der Waals surface area contributed by atoms with Crippen molar-refractivity contribution in [1.82, 2.24) is 0 Å². The first-order chi connectivity index (χ1) is 12.6. The minimum atomic E-state index is -0.104. The standard InChI is InChI=1S/C21H20O5/c1-14(22)17-11-19-20(18(23)12-25-19)21(26-13-24-2)16(17)10-6-9-15-7-4-3-5-8-15/h3-9,11-12,23H,10,13H2,1-2H3. The monoisotopic (exact) mass is 352 g/mol. The summed E-state index contributed by atoms with van der Waals surface area (Å²) in [7, 11) is 1.51. The predicted molar refractivity (Wildman–Crippen MR) is 99.6 cm³/mol. The molecule has 0 spiro atoms. The van der Waals surface area contributed by atoms with Crippen LogP contribution in [0.3, 0.4) is 0 Å². The topological polar surface area (TPSA) is 68.9 Å². The first kappa shape index (κ1) is 17.8. The molecule has 3 rings (SSSR count). The normalized spacial score (nSPS) is 11.3. The molecule has 26 heavy (non-hydrogen) atoms. The summed E-state index contributed by atoms with van der Waals surface area (Å²) >= 11 is 0. The molecule has 0 saturated heterocycles. The van der Waals surface area contributed by atoms with E-state index in [0.717, 1.165) is 5.56 Å². The number of carbonyl (C=O) groups excluding carboxylic acids is 1. The van der Waals surface area contributed by atoms with Gasteiger partial charge in [-0.15, -0.1) is 0 Å². The van der Waals surface area contributed by atoms with E-state index >= 15 is 0 Å². The number of fused-ring (bicyclic) bond motifs is 1. The number of ether oxygens (including phenoxy) is 2. The van der Waals surface area contributed by atoms with Crippen LogP contribution in [-0.4, -0.2) is 24.8 Å². The number of allylic oxidation sites excluding steroid dienone is 1. The summed E-state index contributed by atoms with van der Waals surface area (Å²) in [5.74, 6) is 0.265. The highest BCUT2D eigenvalue weighted by atomic mass is 16.7. The largest absolute Gasteiger partial charge is 0.504 e. The third-order valence-electron chi connectivity index (χ3n) is 4.03. The van der Waals surface area contributed by atoms with Gasteiger partial charge in [0.05, 0.1) is 0 Å². The number of benzene rings is 2. The van der Waals surface area contributed by atoms with E-state index in [-0.39, 0.29) is 18.3 Å². The Labute approximate surface area is 151 Å². The van der Waals surface area contributed by atoms with Gasteiger partial charge in [-0.25, -0.2) is 0 Å². The van der Waals surface area contributed by atoms with Crippen molar-refractivity contribution in [2.24, 2.45) is 0 Å². The van der Waals surface area contributed by atoms with Crippen molar-refractivity contribution in [2.75, 3.05) is 13.9 Å². The lowest BCUT2D eigenvalue weighted by Gasteiger charge is -2.14. The molecule has 0 aliphatic carbocycles. The van der Waals surface area contributed by atoms with Gasteiger partial charge in [0.25, 0.3) is 0 Å². The lowest BCUT2D eigenvalue weighted by atomic mass is 9.97. The van der Waals surface area contributed by atoms with Crippen LogP contribution in [0.15, 0.2) is 53.2 Å². The van der Waals surface area contributed by atoms with Crippen LogP contribution >= 0.6 is 0 Å². The fraction of sp³-hybridized carbons (Fsp3) is 0.190. The number of carbonyl (C=O) groups is 1. The summed E-state index contributed by atoms with van der Waals surface area (Å²) in [5, 5.41) is 10.6. The van der Waals surface area contributed by atoms with Gasteiger partial charge in [0.15, 0.2) is 18.3 Å².